The zero-order valence-corrected chi connectivity index (χ0v) is 26.1. The van der Waals surface area contributed by atoms with Crippen LogP contribution >= 0.6 is 23.2 Å². The number of aliphatic hydroxyl groups is 1. The van der Waals surface area contributed by atoms with Crippen LogP contribution in [0.2, 0.25) is 10.0 Å². The summed E-state index contributed by atoms with van der Waals surface area (Å²) < 4.78 is 0. The zero-order valence-electron chi connectivity index (χ0n) is 24.6. The van der Waals surface area contributed by atoms with E-state index in [-0.39, 0.29) is 34.7 Å². The fraction of sp³-hybridized carbons (Fsp3) is 0.452. The van der Waals surface area contributed by atoms with E-state index in [9.17, 15) is 34.2 Å². The Morgan fingerprint density at radius 3 is 2.16 bits per heavy atom. The van der Waals surface area contributed by atoms with E-state index in [2.05, 4.69) is 0 Å². The smallest absolute Gasteiger partial charge is 0.235 e. The molecule has 4 N–H and O–H groups in total. The number of anilines is 1. The number of hydrogen-bond acceptors (Lipinski definition) is 9. The summed E-state index contributed by atoms with van der Waals surface area (Å²) in [5.41, 5.74) is 1.44. The number of primary amides is 1. The van der Waals surface area contributed by atoms with Gasteiger partial charge in [0.15, 0.2) is 34.7 Å². The number of phenolic OH excluding ortho intramolecular Hbond substituents is 1. The van der Waals surface area contributed by atoms with Gasteiger partial charge in [0.2, 0.25) is 5.91 Å². The minimum atomic E-state index is -2.87. The molecular formula is C31H33Cl2N3O7. The van der Waals surface area contributed by atoms with Gasteiger partial charge < -0.3 is 20.8 Å². The molecule has 2 saturated carbocycles. The fourth-order valence-corrected chi connectivity index (χ4v) is 8.35. The predicted molar refractivity (Wildman–Crippen MR) is 160 cm³/mol. The molecule has 3 aliphatic carbocycles. The van der Waals surface area contributed by atoms with Gasteiger partial charge in [0.1, 0.15) is 5.75 Å². The average Bonchev–Trinajstić information content (AvgIpc) is 2.87. The summed E-state index contributed by atoms with van der Waals surface area (Å²) in [5.74, 6) is -9.28. The highest BCUT2D eigenvalue weighted by Gasteiger charge is 2.76. The molecular weight excluding hydrogens is 597 g/mol. The summed E-state index contributed by atoms with van der Waals surface area (Å²) in [6, 6.07) is 5.23. The van der Waals surface area contributed by atoms with Gasteiger partial charge in [-0.05, 0) is 61.7 Å². The highest BCUT2D eigenvalue weighted by atomic mass is 35.5. The van der Waals surface area contributed by atoms with Crippen molar-refractivity contribution in [2.75, 3.05) is 33.1 Å². The molecule has 2 aromatic carbocycles. The van der Waals surface area contributed by atoms with Crippen molar-refractivity contribution in [3.63, 3.8) is 0 Å². The van der Waals surface area contributed by atoms with Crippen LogP contribution in [0, 0.1) is 22.7 Å². The van der Waals surface area contributed by atoms with Gasteiger partial charge >= 0.3 is 0 Å². The van der Waals surface area contributed by atoms with Crippen LogP contribution in [0.25, 0.3) is 11.1 Å². The van der Waals surface area contributed by atoms with E-state index in [0.29, 0.717) is 21.8 Å². The Morgan fingerprint density at radius 2 is 1.63 bits per heavy atom. The summed E-state index contributed by atoms with van der Waals surface area (Å²) in [7, 11) is 6.66. The number of carbonyl (C=O) groups is 5. The van der Waals surface area contributed by atoms with Crippen LogP contribution < -0.4 is 10.6 Å². The van der Waals surface area contributed by atoms with Crippen molar-refractivity contribution in [3.8, 4) is 16.9 Å². The van der Waals surface area contributed by atoms with Crippen molar-refractivity contribution >= 4 is 57.9 Å². The van der Waals surface area contributed by atoms with Gasteiger partial charge in [0.25, 0.3) is 0 Å². The van der Waals surface area contributed by atoms with Gasteiger partial charge in [-0.25, -0.2) is 0 Å². The second-order valence-electron chi connectivity index (χ2n) is 12.9. The van der Waals surface area contributed by atoms with Gasteiger partial charge in [0, 0.05) is 30.8 Å². The number of nitrogens with zero attached hydrogens (tertiary/aromatic N) is 2. The molecule has 0 bridgehead atoms. The maximum Gasteiger partial charge on any atom is 0.235 e. The highest BCUT2D eigenvalue weighted by molar-refractivity contribution is 6.42. The molecule has 3 aliphatic rings. The van der Waals surface area contributed by atoms with Crippen LogP contribution in [0.4, 0.5) is 5.69 Å². The maximum atomic E-state index is 14.5. The minimum Gasteiger partial charge on any atom is -0.507 e. The van der Waals surface area contributed by atoms with Crippen LogP contribution in [0.15, 0.2) is 24.3 Å². The molecule has 2 aromatic rings. The normalized spacial score (nSPS) is 31.9. The molecule has 0 aliphatic heterocycles. The van der Waals surface area contributed by atoms with Gasteiger partial charge in [-0.3, -0.25) is 28.9 Å². The first-order valence-corrected chi connectivity index (χ1v) is 14.5. The van der Waals surface area contributed by atoms with Gasteiger partial charge in [0.05, 0.1) is 27.6 Å². The number of ketones is 4. The number of carbonyl (C=O) groups excluding carboxylic acids is 5. The van der Waals surface area contributed by atoms with Crippen LogP contribution in [0.3, 0.4) is 0 Å². The number of phenols is 1. The van der Waals surface area contributed by atoms with E-state index in [1.165, 1.54) is 11.8 Å². The second kappa shape index (κ2) is 9.85. The third kappa shape index (κ3) is 4.03. The van der Waals surface area contributed by atoms with E-state index in [1.807, 2.05) is 0 Å². The van der Waals surface area contributed by atoms with Crippen molar-refractivity contribution in [2.45, 2.75) is 38.3 Å². The molecule has 12 heteroatoms. The van der Waals surface area contributed by atoms with Gasteiger partial charge in [-0.15, -0.1) is 0 Å². The summed E-state index contributed by atoms with van der Waals surface area (Å²) in [6.07, 6.45) is 0.0206. The first-order valence-electron chi connectivity index (χ1n) is 13.7. The molecule has 228 valence electrons. The van der Waals surface area contributed by atoms with E-state index >= 15 is 0 Å². The Hall–Kier alpha value is -3.31. The van der Waals surface area contributed by atoms with Crippen molar-refractivity contribution in [2.24, 2.45) is 28.4 Å². The first-order chi connectivity index (χ1) is 19.8. The molecule has 0 heterocycles. The van der Waals surface area contributed by atoms with Crippen molar-refractivity contribution in [3.05, 3.63) is 45.4 Å². The third-order valence-electron chi connectivity index (χ3n) is 9.68. The lowest BCUT2D eigenvalue weighted by Crippen LogP contribution is -2.79. The second-order valence-corrected chi connectivity index (χ2v) is 13.7. The SMILES string of the molecule is CN(C)c1cc(-c2ccc(Cl)c(Cl)c2)c(O)c2c1C[C@@]1(C)C[C@@]3(C)[C@H](N(C)C)C(=O)C(C(N)=O)C(=O)[C@@]3(O)C(=O)C1C2=O. The lowest BCUT2D eigenvalue weighted by atomic mass is 9.42. The van der Waals surface area contributed by atoms with Crippen LogP contribution in [-0.4, -0.2) is 84.0 Å². The van der Waals surface area contributed by atoms with E-state index < -0.39 is 63.3 Å². The lowest BCUT2D eigenvalue weighted by molar-refractivity contribution is -0.203. The first kappa shape index (κ1) is 31.1. The molecule has 10 nitrogen and oxygen atoms in total. The Morgan fingerprint density at radius 1 is 1.00 bits per heavy atom. The maximum absolute atomic E-state index is 14.5. The number of rotatable bonds is 4. The zero-order chi connectivity index (χ0) is 32.1. The van der Waals surface area contributed by atoms with Gasteiger partial charge in [-0.2, -0.15) is 0 Å². The summed E-state index contributed by atoms with van der Waals surface area (Å²) in [4.78, 5) is 71.8. The number of benzene rings is 2. The number of halogens is 2. The number of amides is 1. The largest absolute Gasteiger partial charge is 0.507 e. The topological polar surface area (TPSA) is 158 Å². The van der Waals surface area contributed by atoms with Crippen molar-refractivity contribution in [1.29, 1.82) is 0 Å². The van der Waals surface area contributed by atoms with Gasteiger partial charge in [-0.1, -0.05) is 43.1 Å². The molecule has 0 aromatic heterocycles. The Balaban J connectivity index is 1.77. The Bertz CT molecular complexity index is 1660. The molecule has 2 fully saturated rings. The quantitative estimate of drug-likeness (QED) is 0.432. The molecule has 1 amide bonds. The number of hydrogen-bond donors (Lipinski definition) is 3. The lowest BCUT2D eigenvalue weighted by Gasteiger charge is -2.61. The average molecular weight is 631 g/mol. The number of Topliss-reactive ketones (excluding diaryl/α,β-unsaturated/α-hetero) is 4. The van der Waals surface area contributed by atoms with E-state index in [4.69, 9.17) is 28.9 Å². The number of nitrogens with two attached hydrogens (primary N) is 1. The Kier molecular flexibility index (Phi) is 7.13. The molecule has 2 unspecified atom stereocenters. The molecule has 6 atom stereocenters. The van der Waals surface area contributed by atoms with Crippen LogP contribution in [-0.2, 0) is 25.6 Å². The van der Waals surface area contributed by atoms with Crippen LogP contribution in [0.1, 0.15) is 36.2 Å². The highest BCUT2D eigenvalue weighted by Crippen LogP contribution is 2.62. The predicted octanol–water partition coefficient (Wildman–Crippen LogP) is 2.69. The van der Waals surface area contributed by atoms with Crippen molar-refractivity contribution in [1.82, 2.24) is 4.90 Å². The summed E-state index contributed by atoms with van der Waals surface area (Å²) >= 11 is 12.3. The molecule has 5 rings (SSSR count). The number of fused-ring (bicyclic) bond motifs is 3. The monoisotopic (exact) mass is 629 g/mol. The van der Waals surface area contributed by atoms with Crippen molar-refractivity contribution < 1.29 is 34.2 Å². The standard InChI is InChI=1S/C31H33Cl2N3O7/c1-29-11-15-18(35(3)4)10-14(13-7-8-16(32)17(33)9-13)22(37)19(15)23(38)21(29)27(41)31(43)26(40)20(28(34)42)24(39)25(36(5)6)30(31,2)12-29/h7-10,20-21,25,37,43H,11-12H2,1-6H3,(H2,34,42)/t20?,21?,25-,29+,30+,31-/m1/s1. The van der Waals surface area contributed by atoms with E-state index in [0.717, 1.165) is 0 Å². The summed E-state index contributed by atoms with van der Waals surface area (Å²) in [6.45, 7) is 3.19. The minimum absolute atomic E-state index is 0.0912. The molecule has 0 radical (unpaired) electrons. The third-order valence-corrected chi connectivity index (χ3v) is 10.4. The fourth-order valence-electron chi connectivity index (χ4n) is 8.05. The number of aromatic hydroxyl groups is 1. The number of likely N-dealkylation sites (N-methyl/N-ethyl adjacent to an activating group) is 1. The van der Waals surface area contributed by atoms with Crippen LogP contribution in [0.5, 0.6) is 5.75 Å². The molecule has 0 saturated heterocycles. The molecule has 43 heavy (non-hydrogen) atoms. The molecule has 0 spiro atoms. The van der Waals surface area contributed by atoms with E-state index in [1.54, 1.807) is 64.3 Å². The summed E-state index contributed by atoms with van der Waals surface area (Å²) in [5, 5.41) is 24.2. The Labute approximate surface area is 258 Å².